The summed E-state index contributed by atoms with van der Waals surface area (Å²) in [5.74, 6) is 0.426. The van der Waals surface area contributed by atoms with Gasteiger partial charge in [0.25, 0.3) is 0 Å². The minimum absolute atomic E-state index is 0.0200. The molecule has 0 aromatic rings. The average Bonchev–Trinajstić information content (AvgIpc) is 2.26. The van der Waals surface area contributed by atoms with Crippen LogP contribution in [-0.2, 0) is 15.3 Å². The highest BCUT2D eigenvalue weighted by Gasteiger charge is 2.22. The van der Waals surface area contributed by atoms with Crippen molar-refractivity contribution in [3.8, 4) is 0 Å². The van der Waals surface area contributed by atoms with Crippen LogP contribution in [0, 0.1) is 5.92 Å². The molecule has 88 valence electrons. The molecule has 1 aliphatic heterocycles. The molecule has 0 aromatic heterocycles. The molecule has 0 spiro atoms. The normalized spacial score (nSPS) is 20.0. The number of amides is 2. The first-order valence-electron chi connectivity index (χ1n) is 5.07. The molecule has 0 radical (unpaired) electrons. The van der Waals surface area contributed by atoms with Crippen LogP contribution in [0.5, 0.6) is 0 Å². The molecule has 1 unspecified atom stereocenters. The summed E-state index contributed by atoms with van der Waals surface area (Å²) in [5, 5.41) is 2.61. The van der Waals surface area contributed by atoms with Gasteiger partial charge in [0.1, 0.15) is 0 Å². The van der Waals surface area contributed by atoms with E-state index in [1.54, 1.807) is 11.9 Å². The summed E-state index contributed by atoms with van der Waals surface area (Å²) in [6, 6.07) is -0.0200. The number of rotatable bonds is 3. The molecule has 1 fully saturated rings. The first-order valence-corrected chi connectivity index (χ1v) is 6.55. The monoisotopic (exact) mass is 234 g/mol. The highest BCUT2D eigenvalue weighted by atomic mass is 32.2. The van der Waals surface area contributed by atoms with Crippen molar-refractivity contribution in [3.05, 3.63) is 0 Å². The van der Waals surface area contributed by atoms with E-state index in [9.17, 15) is 9.00 Å². The highest BCUT2D eigenvalue weighted by molar-refractivity contribution is 7.79. The van der Waals surface area contributed by atoms with Crippen LogP contribution in [0.25, 0.3) is 0 Å². The number of hydrogen-bond acceptors (Lipinski definition) is 3. The van der Waals surface area contributed by atoms with E-state index in [-0.39, 0.29) is 6.03 Å². The number of hydrogen-bond donors (Lipinski definition) is 1. The number of carbonyl (C=O) groups is 1. The van der Waals surface area contributed by atoms with E-state index in [1.165, 1.54) is 6.26 Å². The second-order valence-corrected chi connectivity index (χ2v) is 4.71. The van der Waals surface area contributed by atoms with Gasteiger partial charge in [-0.15, -0.1) is 0 Å². The first kappa shape index (κ1) is 12.4. The first-order chi connectivity index (χ1) is 7.13. The van der Waals surface area contributed by atoms with E-state index in [2.05, 4.69) is 5.32 Å². The Morgan fingerprint density at radius 3 is 2.60 bits per heavy atom. The highest BCUT2D eigenvalue weighted by Crippen LogP contribution is 2.17. The molecule has 1 atom stereocenters. The van der Waals surface area contributed by atoms with E-state index < -0.39 is 11.1 Å². The standard InChI is InChI=1S/C9H18N2O3S/c1-10-9(12)11-5-3-8(4-6-11)7-14-15(2)13/h8H,3-7H2,1-2H3,(H,10,12). The molecule has 15 heavy (non-hydrogen) atoms. The van der Waals surface area contributed by atoms with Crippen LogP contribution in [0.4, 0.5) is 4.79 Å². The average molecular weight is 234 g/mol. The van der Waals surface area contributed by atoms with E-state index in [0.717, 1.165) is 25.9 Å². The Balaban J connectivity index is 2.23. The largest absolute Gasteiger partial charge is 0.341 e. The van der Waals surface area contributed by atoms with Gasteiger partial charge >= 0.3 is 6.03 Å². The van der Waals surface area contributed by atoms with Gasteiger partial charge in [-0.1, -0.05) is 0 Å². The number of likely N-dealkylation sites (tertiary alicyclic amines) is 1. The second-order valence-electron chi connectivity index (χ2n) is 3.67. The van der Waals surface area contributed by atoms with Crippen molar-refractivity contribution < 1.29 is 13.2 Å². The van der Waals surface area contributed by atoms with Gasteiger partial charge in [0.2, 0.25) is 0 Å². The van der Waals surface area contributed by atoms with Gasteiger partial charge in [-0.2, -0.15) is 0 Å². The third kappa shape index (κ3) is 4.17. The minimum Gasteiger partial charge on any atom is -0.341 e. The zero-order valence-corrected chi connectivity index (χ0v) is 10.0. The third-order valence-electron chi connectivity index (χ3n) is 2.59. The smallest absolute Gasteiger partial charge is 0.317 e. The van der Waals surface area contributed by atoms with Gasteiger partial charge in [0.05, 0.1) is 6.61 Å². The molecule has 1 N–H and O–H groups in total. The molecular weight excluding hydrogens is 216 g/mol. The molecule has 1 aliphatic rings. The summed E-state index contributed by atoms with van der Waals surface area (Å²) in [5.41, 5.74) is 0. The van der Waals surface area contributed by atoms with Crippen molar-refractivity contribution in [2.45, 2.75) is 12.8 Å². The van der Waals surface area contributed by atoms with Gasteiger partial charge < -0.3 is 10.2 Å². The van der Waals surface area contributed by atoms with Gasteiger partial charge in [0.15, 0.2) is 11.1 Å². The lowest BCUT2D eigenvalue weighted by molar-refractivity contribution is 0.151. The molecule has 1 saturated heterocycles. The lowest BCUT2D eigenvalue weighted by Crippen LogP contribution is -2.43. The maximum Gasteiger partial charge on any atom is 0.317 e. The van der Waals surface area contributed by atoms with E-state index in [1.807, 2.05) is 0 Å². The van der Waals surface area contributed by atoms with Crippen molar-refractivity contribution in [1.29, 1.82) is 0 Å². The fourth-order valence-corrected chi connectivity index (χ4v) is 2.04. The van der Waals surface area contributed by atoms with Gasteiger partial charge in [0, 0.05) is 26.4 Å². The van der Waals surface area contributed by atoms with Crippen molar-refractivity contribution >= 4 is 17.1 Å². The van der Waals surface area contributed by atoms with Crippen LogP contribution in [0.3, 0.4) is 0 Å². The Bertz CT molecular complexity index is 240. The summed E-state index contributed by atoms with van der Waals surface area (Å²) in [6.45, 7) is 2.04. The van der Waals surface area contributed by atoms with Crippen molar-refractivity contribution in [2.75, 3.05) is 33.0 Å². The molecule has 0 aromatic carbocycles. The minimum atomic E-state index is -1.18. The lowest BCUT2D eigenvalue weighted by Gasteiger charge is -2.31. The quantitative estimate of drug-likeness (QED) is 0.766. The van der Waals surface area contributed by atoms with Crippen LogP contribution in [0.1, 0.15) is 12.8 Å². The topological polar surface area (TPSA) is 58.6 Å². The number of nitrogens with zero attached hydrogens (tertiary/aromatic N) is 1. The maximum absolute atomic E-state index is 11.3. The fourth-order valence-electron chi connectivity index (χ4n) is 1.65. The molecular formula is C9H18N2O3S. The zero-order valence-electron chi connectivity index (χ0n) is 9.19. The molecule has 0 bridgehead atoms. The number of nitrogens with one attached hydrogen (secondary N) is 1. The predicted octanol–water partition coefficient (Wildman–Crippen LogP) is 0.348. The summed E-state index contributed by atoms with van der Waals surface area (Å²) in [4.78, 5) is 13.1. The van der Waals surface area contributed by atoms with Crippen LogP contribution in [0.15, 0.2) is 0 Å². The molecule has 6 heteroatoms. The Morgan fingerprint density at radius 1 is 1.53 bits per heavy atom. The fraction of sp³-hybridized carbons (Fsp3) is 0.889. The van der Waals surface area contributed by atoms with E-state index >= 15 is 0 Å². The molecule has 2 amide bonds. The maximum atomic E-state index is 11.3. The Morgan fingerprint density at radius 2 is 2.13 bits per heavy atom. The molecule has 1 rings (SSSR count). The van der Waals surface area contributed by atoms with Crippen LogP contribution >= 0.6 is 0 Å². The molecule has 1 heterocycles. The lowest BCUT2D eigenvalue weighted by atomic mass is 9.98. The predicted molar refractivity (Wildman–Crippen MR) is 58.8 cm³/mol. The summed E-state index contributed by atoms with van der Waals surface area (Å²) in [7, 11) is 1.64. The SMILES string of the molecule is CNC(=O)N1CCC(COS(C)=O)CC1. The second kappa shape index (κ2) is 6.07. The number of piperidine rings is 1. The summed E-state index contributed by atoms with van der Waals surface area (Å²) < 4.78 is 15.8. The van der Waals surface area contributed by atoms with Crippen molar-refractivity contribution in [1.82, 2.24) is 10.2 Å². The Labute approximate surface area is 92.8 Å². The Kier molecular flexibility index (Phi) is 5.04. The van der Waals surface area contributed by atoms with E-state index in [0.29, 0.717) is 12.5 Å². The van der Waals surface area contributed by atoms with Crippen LogP contribution in [0.2, 0.25) is 0 Å². The van der Waals surface area contributed by atoms with Crippen molar-refractivity contribution in [3.63, 3.8) is 0 Å². The van der Waals surface area contributed by atoms with Crippen molar-refractivity contribution in [2.24, 2.45) is 5.92 Å². The molecule has 5 nitrogen and oxygen atoms in total. The third-order valence-corrected chi connectivity index (χ3v) is 3.05. The van der Waals surface area contributed by atoms with Gasteiger partial charge in [-0.05, 0) is 18.8 Å². The van der Waals surface area contributed by atoms with Crippen LogP contribution in [-0.4, -0.2) is 48.1 Å². The van der Waals surface area contributed by atoms with Crippen LogP contribution < -0.4 is 5.32 Å². The summed E-state index contributed by atoms with van der Waals surface area (Å²) in [6.07, 6.45) is 3.37. The zero-order chi connectivity index (χ0) is 11.3. The Hall–Kier alpha value is -0.620. The molecule has 0 aliphatic carbocycles. The van der Waals surface area contributed by atoms with Gasteiger partial charge in [-0.25, -0.2) is 9.00 Å². The molecule has 0 saturated carbocycles. The van der Waals surface area contributed by atoms with E-state index in [4.69, 9.17) is 4.18 Å². The number of carbonyl (C=O) groups excluding carboxylic acids is 1. The van der Waals surface area contributed by atoms with Gasteiger partial charge in [-0.3, -0.25) is 4.18 Å². The number of urea groups is 1. The summed E-state index contributed by atoms with van der Waals surface area (Å²) >= 11 is -1.18.